The molecule has 1 N–H and O–H groups in total. The van der Waals surface area contributed by atoms with E-state index in [2.05, 4.69) is 18.7 Å². The summed E-state index contributed by atoms with van der Waals surface area (Å²) in [5.74, 6) is -0.575. The number of carbonyl (C=O) groups excluding carboxylic acids is 1. The van der Waals surface area contributed by atoms with Crippen LogP contribution in [0.3, 0.4) is 0 Å². The minimum atomic E-state index is -0.911. The van der Waals surface area contributed by atoms with Crippen molar-refractivity contribution in [3.8, 4) is 0 Å². The maximum atomic E-state index is 12.1. The Labute approximate surface area is 117 Å². The van der Waals surface area contributed by atoms with Gasteiger partial charge in [0.2, 0.25) is 0 Å². The van der Waals surface area contributed by atoms with Gasteiger partial charge in [-0.25, -0.2) is 0 Å². The third-order valence-electron chi connectivity index (χ3n) is 4.18. The fourth-order valence-electron chi connectivity index (χ4n) is 3.08. The summed E-state index contributed by atoms with van der Waals surface area (Å²) < 4.78 is 5.15. The van der Waals surface area contributed by atoms with Crippen LogP contribution >= 0.6 is 0 Å². The van der Waals surface area contributed by atoms with Gasteiger partial charge in [-0.2, -0.15) is 0 Å². The molecule has 4 heteroatoms. The smallest absolute Gasteiger partial charge is 0.312 e. The summed E-state index contributed by atoms with van der Waals surface area (Å²) in [6.07, 6.45) is 1.29. The van der Waals surface area contributed by atoms with Crippen LogP contribution in [0.5, 0.6) is 0 Å². The minimum absolute atomic E-state index is 0.0923. The van der Waals surface area contributed by atoms with E-state index in [0.717, 1.165) is 13.1 Å². The Balaban J connectivity index is 2.77. The molecular weight excluding hydrogens is 242 g/mol. The summed E-state index contributed by atoms with van der Waals surface area (Å²) in [5, 5.41) is 10.9. The molecule has 112 valence electrons. The molecular formula is C15H29NO3. The number of esters is 1. The van der Waals surface area contributed by atoms with E-state index < -0.39 is 11.5 Å². The van der Waals surface area contributed by atoms with Crippen LogP contribution in [0, 0.1) is 11.8 Å². The fourth-order valence-corrected chi connectivity index (χ4v) is 3.08. The summed E-state index contributed by atoms with van der Waals surface area (Å²) in [5.41, 5.74) is -0.911. The highest BCUT2D eigenvalue weighted by atomic mass is 16.5. The molecule has 1 rings (SSSR count). The highest BCUT2D eigenvalue weighted by Gasteiger charge is 2.46. The predicted molar refractivity (Wildman–Crippen MR) is 75.9 cm³/mol. The Bertz CT molecular complexity index is 294. The Kier molecular flexibility index (Phi) is 5.81. The van der Waals surface area contributed by atoms with Crippen molar-refractivity contribution < 1.29 is 14.6 Å². The molecule has 1 aliphatic rings. The lowest BCUT2D eigenvalue weighted by Crippen LogP contribution is -2.54. The van der Waals surface area contributed by atoms with E-state index in [9.17, 15) is 9.90 Å². The topological polar surface area (TPSA) is 49.8 Å². The molecule has 0 radical (unpaired) electrons. The Morgan fingerprint density at radius 1 is 1.26 bits per heavy atom. The van der Waals surface area contributed by atoms with E-state index in [1.165, 1.54) is 0 Å². The summed E-state index contributed by atoms with van der Waals surface area (Å²) in [7, 11) is 0. The van der Waals surface area contributed by atoms with Crippen LogP contribution in [0.2, 0.25) is 0 Å². The maximum Gasteiger partial charge on any atom is 0.312 e. The molecule has 1 aliphatic heterocycles. The maximum absolute atomic E-state index is 12.1. The summed E-state index contributed by atoms with van der Waals surface area (Å²) in [4.78, 5) is 14.5. The van der Waals surface area contributed by atoms with Crippen molar-refractivity contribution in [2.45, 2.75) is 59.1 Å². The van der Waals surface area contributed by atoms with Crippen LogP contribution in [-0.2, 0) is 9.53 Å². The van der Waals surface area contributed by atoms with Crippen molar-refractivity contribution in [2.75, 3.05) is 19.7 Å². The monoisotopic (exact) mass is 271 g/mol. The van der Waals surface area contributed by atoms with Crippen molar-refractivity contribution >= 4 is 5.97 Å². The SMILES string of the molecule is CCOC(=O)C(C(C)C)C1(O)CCN(C(C)C)CC1. The van der Waals surface area contributed by atoms with E-state index in [0.29, 0.717) is 25.5 Å². The third kappa shape index (κ3) is 3.93. The second-order valence-electron chi connectivity index (χ2n) is 6.21. The van der Waals surface area contributed by atoms with Crippen LogP contribution in [0.15, 0.2) is 0 Å². The van der Waals surface area contributed by atoms with Gasteiger partial charge < -0.3 is 14.7 Å². The highest BCUT2D eigenvalue weighted by Crippen LogP contribution is 2.35. The molecule has 0 saturated carbocycles. The number of ether oxygens (including phenoxy) is 1. The molecule has 0 aromatic rings. The van der Waals surface area contributed by atoms with Gasteiger partial charge in [0.05, 0.1) is 18.1 Å². The van der Waals surface area contributed by atoms with Gasteiger partial charge in [0.1, 0.15) is 0 Å². The molecule has 0 bridgehead atoms. The lowest BCUT2D eigenvalue weighted by molar-refractivity contribution is -0.166. The third-order valence-corrected chi connectivity index (χ3v) is 4.18. The second kappa shape index (κ2) is 6.71. The first-order valence-electron chi connectivity index (χ1n) is 7.45. The number of hydrogen-bond acceptors (Lipinski definition) is 4. The van der Waals surface area contributed by atoms with Crippen molar-refractivity contribution in [1.82, 2.24) is 4.90 Å². The largest absolute Gasteiger partial charge is 0.466 e. The van der Waals surface area contributed by atoms with E-state index in [-0.39, 0.29) is 11.9 Å². The Morgan fingerprint density at radius 2 is 1.79 bits per heavy atom. The molecule has 0 aromatic carbocycles. The Morgan fingerprint density at radius 3 is 2.16 bits per heavy atom. The van der Waals surface area contributed by atoms with Crippen LogP contribution < -0.4 is 0 Å². The average molecular weight is 271 g/mol. The van der Waals surface area contributed by atoms with E-state index in [4.69, 9.17) is 4.74 Å². The minimum Gasteiger partial charge on any atom is -0.466 e. The number of aliphatic hydroxyl groups is 1. The molecule has 0 amide bonds. The van der Waals surface area contributed by atoms with Crippen molar-refractivity contribution in [3.05, 3.63) is 0 Å². The van der Waals surface area contributed by atoms with Gasteiger partial charge in [-0.15, -0.1) is 0 Å². The number of nitrogens with zero attached hydrogens (tertiary/aromatic N) is 1. The zero-order valence-corrected chi connectivity index (χ0v) is 13.0. The molecule has 1 saturated heterocycles. The summed E-state index contributed by atoms with van der Waals surface area (Å²) in [6, 6.07) is 0.490. The van der Waals surface area contributed by atoms with Gasteiger partial charge >= 0.3 is 5.97 Å². The first-order chi connectivity index (χ1) is 8.81. The van der Waals surface area contributed by atoms with E-state index in [1.54, 1.807) is 6.92 Å². The van der Waals surface area contributed by atoms with Gasteiger partial charge in [-0.05, 0) is 39.5 Å². The molecule has 1 fully saturated rings. The Hall–Kier alpha value is -0.610. The summed E-state index contributed by atoms with van der Waals surface area (Å²) >= 11 is 0. The molecule has 0 spiro atoms. The van der Waals surface area contributed by atoms with Gasteiger partial charge in [0.25, 0.3) is 0 Å². The second-order valence-corrected chi connectivity index (χ2v) is 6.21. The van der Waals surface area contributed by atoms with Crippen molar-refractivity contribution in [2.24, 2.45) is 11.8 Å². The van der Waals surface area contributed by atoms with E-state index in [1.807, 2.05) is 13.8 Å². The molecule has 4 nitrogen and oxygen atoms in total. The zero-order chi connectivity index (χ0) is 14.6. The van der Waals surface area contributed by atoms with Crippen molar-refractivity contribution in [1.29, 1.82) is 0 Å². The molecule has 0 aromatic heterocycles. The number of piperidine rings is 1. The molecule has 0 aliphatic carbocycles. The normalized spacial score (nSPS) is 21.7. The molecule has 1 unspecified atom stereocenters. The van der Waals surface area contributed by atoms with Crippen molar-refractivity contribution in [3.63, 3.8) is 0 Å². The highest BCUT2D eigenvalue weighted by molar-refractivity contribution is 5.74. The lowest BCUT2D eigenvalue weighted by atomic mass is 9.74. The van der Waals surface area contributed by atoms with Crippen LogP contribution in [0.4, 0.5) is 0 Å². The molecule has 19 heavy (non-hydrogen) atoms. The number of rotatable bonds is 5. The quantitative estimate of drug-likeness (QED) is 0.778. The van der Waals surface area contributed by atoms with Gasteiger partial charge in [-0.1, -0.05) is 13.8 Å². The first-order valence-corrected chi connectivity index (χ1v) is 7.45. The molecule has 1 heterocycles. The zero-order valence-electron chi connectivity index (χ0n) is 13.0. The van der Waals surface area contributed by atoms with Crippen LogP contribution in [0.1, 0.15) is 47.5 Å². The predicted octanol–water partition coefficient (Wildman–Crippen LogP) is 2.06. The number of likely N-dealkylation sites (tertiary alicyclic amines) is 1. The molecule has 1 atom stereocenters. The van der Waals surface area contributed by atoms with E-state index >= 15 is 0 Å². The van der Waals surface area contributed by atoms with Gasteiger partial charge in [0.15, 0.2) is 0 Å². The van der Waals surface area contributed by atoms with Crippen LogP contribution in [0.25, 0.3) is 0 Å². The number of hydrogen-bond donors (Lipinski definition) is 1. The number of carbonyl (C=O) groups is 1. The summed E-state index contributed by atoms with van der Waals surface area (Å²) in [6.45, 7) is 12.2. The first kappa shape index (κ1) is 16.4. The van der Waals surface area contributed by atoms with Gasteiger partial charge in [0, 0.05) is 19.1 Å². The average Bonchev–Trinajstić information content (AvgIpc) is 2.28. The standard InChI is InChI=1S/C15H29NO3/c1-6-19-14(17)13(11(2)3)15(18)7-9-16(10-8-15)12(4)5/h11-13,18H,6-10H2,1-5H3. The lowest BCUT2D eigenvalue weighted by Gasteiger charge is -2.44. The van der Waals surface area contributed by atoms with Crippen LogP contribution in [-0.4, -0.2) is 47.3 Å². The van der Waals surface area contributed by atoms with Gasteiger partial charge in [-0.3, -0.25) is 4.79 Å². The fraction of sp³-hybridized carbons (Fsp3) is 0.933.